The predicted molar refractivity (Wildman–Crippen MR) is 170 cm³/mol. The number of nitrogens with zero attached hydrogens (tertiary/aromatic N) is 3. The summed E-state index contributed by atoms with van der Waals surface area (Å²) < 4.78 is 14.8. The van der Waals surface area contributed by atoms with Crippen LogP contribution < -0.4 is 0 Å². The summed E-state index contributed by atoms with van der Waals surface area (Å²) in [6.07, 6.45) is 0. The largest absolute Gasteiger partial charge is 0.456 e. The standard InChI is InChI=1S/C38H19N3O2/c39-20-22-9-13-32(28(17-22)24-11-16-36-30(19-24)29-18-23(21-40)10-15-35(29)42-36)41-31-7-3-1-6-27(31)37-33(41)14-12-26-25-5-2-4-8-34(25)43-38(26)37/h1-19H. The summed E-state index contributed by atoms with van der Waals surface area (Å²) in [4.78, 5) is 0. The summed E-state index contributed by atoms with van der Waals surface area (Å²) in [5.74, 6) is 0. The molecule has 5 nitrogen and oxygen atoms in total. The van der Waals surface area contributed by atoms with Crippen LogP contribution in [0.1, 0.15) is 11.1 Å². The Labute approximate surface area is 244 Å². The molecule has 198 valence electrons. The second kappa shape index (κ2) is 8.60. The fourth-order valence-electron chi connectivity index (χ4n) is 6.54. The molecule has 0 spiro atoms. The Morgan fingerprint density at radius 2 is 1.21 bits per heavy atom. The van der Waals surface area contributed by atoms with E-state index in [-0.39, 0.29) is 0 Å². The maximum absolute atomic E-state index is 9.88. The van der Waals surface area contributed by atoms with E-state index >= 15 is 0 Å². The lowest BCUT2D eigenvalue weighted by molar-refractivity contribution is 0.669. The van der Waals surface area contributed by atoms with Crippen LogP contribution in [0.4, 0.5) is 0 Å². The second-order valence-electron chi connectivity index (χ2n) is 10.8. The maximum atomic E-state index is 9.88. The second-order valence-corrected chi connectivity index (χ2v) is 10.8. The highest BCUT2D eigenvalue weighted by atomic mass is 16.3. The predicted octanol–water partition coefficient (Wildman–Crippen LogP) is 9.99. The molecule has 0 aliphatic carbocycles. The quantitative estimate of drug-likeness (QED) is 0.215. The molecule has 0 aliphatic rings. The molecule has 43 heavy (non-hydrogen) atoms. The Kier molecular flexibility index (Phi) is 4.68. The number of fused-ring (bicyclic) bond motifs is 10. The van der Waals surface area contributed by atoms with Crippen LogP contribution in [0.15, 0.2) is 124 Å². The first-order valence-corrected chi connectivity index (χ1v) is 14.0. The fraction of sp³-hybridized carbons (Fsp3) is 0. The molecule has 0 aliphatic heterocycles. The monoisotopic (exact) mass is 549 g/mol. The Balaban J connectivity index is 1.37. The van der Waals surface area contributed by atoms with Gasteiger partial charge in [0.15, 0.2) is 0 Å². The number of hydrogen-bond acceptors (Lipinski definition) is 4. The highest BCUT2D eigenvalue weighted by Crippen LogP contribution is 2.43. The minimum atomic E-state index is 0.572. The zero-order valence-electron chi connectivity index (χ0n) is 22.6. The normalized spacial score (nSPS) is 11.7. The van der Waals surface area contributed by atoms with E-state index in [0.717, 1.165) is 82.5 Å². The third kappa shape index (κ3) is 3.25. The first-order valence-electron chi connectivity index (χ1n) is 14.0. The van der Waals surface area contributed by atoms with Crippen molar-refractivity contribution < 1.29 is 8.83 Å². The molecule has 9 rings (SSSR count). The van der Waals surface area contributed by atoms with Crippen molar-refractivity contribution in [1.82, 2.24) is 4.57 Å². The summed E-state index contributed by atoms with van der Waals surface area (Å²) in [6, 6.07) is 42.7. The van der Waals surface area contributed by atoms with Gasteiger partial charge in [0, 0.05) is 32.5 Å². The van der Waals surface area contributed by atoms with Gasteiger partial charge in [0.2, 0.25) is 0 Å². The summed E-state index contributed by atoms with van der Waals surface area (Å²) in [5, 5.41) is 25.5. The number of benzene rings is 6. The van der Waals surface area contributed by atoms with E-state index in [1.807, 2.05) is 66.7 Å². The summed E-state index contributed by atoms with van der Waals surface area (Å²) in [7, 11) is 0. The van der Waals surface area contributed by atoms with E-state index in [9.17, 15) is 10.5 Å². The third-order valence-corrected chi connectivity index (χ3v) is 8.46. The molecule has 0 bridgehead atoms. The molecule has 9 aromatic rings. The van der Waals surface area contributed by atoms with Crippen molar-refractivity contribution in [3.63, 3.8) is 0 Å². The maximum Gasteiger partial charge on any atom is 0.145 e. The van der Waals surface area contributed by atoms with Gasteiger partial charge in [-0.05, 0) is 78.4 Å². The van der Waals surface area contributed by atoms with E-state index in [2.05, 4.69) is 59.2 Å². The SMILES string of the molecule is N#Cc1ccc(-n2c3ccccc3c3c4oc5ccccc5c4ccc32)c(-c2ccc3oc4ccc(C#N)cc4c3c2)c1. The van der Waals surface area contributed by atoms with Crippen LogP contribution in [0.5, 0.6) is 0 Å². The van der Waals surface area contributed by atoms with Gasteiger partial charge in [0.1, 0.15) is 22.3 Å². The molecule has 0 saturated heterocycles. The van der Waals surface area contributed by atoms with Gasteiger partial charge >= 0.3 is 0 Å². The Morgan fingerprint density at radius 1 is 0.512 bits per heavy atom. The van der Waals surface area contributed by atoms with Crippen molar-refractivity contribution in [2.24, 2.45) is 0 Å². The van der Waals surface area contributed by atoms with Crippen molar-refractivity contribution in [2.45, 2.75) is 0 Å². The molecule has 3 heterocycles. The van der Waals surface area contributed by atoms with Gasteiger partial charge in [-0.2, -0.15) is 10.5 Å². The fourth-order valence-corrected chi connectivity index (χ4v) is 6.54. The van der Waals surface area contributed by atoms with Crippen molar-refractivity contribution in [3.8, 4) is 29.0 Å². The average Bonchev–Trinajstić information content (AvgIpc) is 3.73. The van der Waals surface area contributed by atoms with Gasteiger partial charge in [-0.1, -0.05) is 42.5 Å². The zero-order valence-corrected chi connectivity index (χ0v) is 22.6. The number of aromatic nitrogens is 1. The van der Waals surface area contributed by atoms with E-state index < -0.39 is 0 Å². The zero-order chi connectivity index (χ0) is 28.7. The van der Waals surface area contributed by atoms with Crippen molar-refractivity contribution in [3.05, 3.63) is 126 Å². The average molecular weight is 550 g/mol. The Bertz CT molecular complexity index is 2710. The smallest absolute Gasteiger partial charge is 0.145 e. The van der Waals surface area contributed by atoms with Crippen molar-refractivity contribution in [2.75, 3.05) is 0 Å². The first kappa shape index (κ1) is 23.4. The number of nitriles is 2. The molecule has 0 unspecified atom stereocenters. The van der Waals surface area contributed by atoms with Crippen molar-refractivity contribution >= 4 is 65.7 Å². The van der Waals surface area contributed by atoms with Crippen molar-refractivity contribution in [1.29, 1.82) is 10.5 Å². The van der Waals surface area contributed by atoms with E-state index in [1.165, 1.54) is 0 Å². The third-order valence-electron chi connectivity index (χ3n) is 8.46. The Morgan fingerprint density at radius 3 is 2.07 bits per heavy atom. The van der Waals surface area contributed by atoms with Gasteiger partial charge < -0.3 is 13.4 Å². The molecular weight excluding hydrogens is 530 g/mol. The van der Waals surface area contributed by atoms with E-state index in [1.54, 1.807) is 6.07 Å². The molecule has 0 radical (unpaired) electrons. The molecule has 0 saturated carbocycles. The minimum Gasteiger partial charge on any atom is -0.456 e. The highest BCUT2D eigenvalue weighted by Gasteiger charge is 2.21. The van der Waals surface area contributed by atoms with Gasteiger partial charge in [0.05, 0.1) is 45.4 Å². The highest BCUT2D eigenvalue weighted by molar-refractivity contribution is 6.24. The molecular formula is C38H19N3O2. The van der Waals surface area contributed by atoms with Crippen LogP contribution in [0.2, 0.25) is 0 Å². The van der Waals surface area contributed by atoms with E-state index in [4.69, 9.17) is 8.83 Å². The van der Waals surface area contributed by atoms with Crippen LogP contribution >= 0.6 is 0 Å². The summed E-state index contributed by atoms with van der Waals surface area (Å²) in [5.41, 5.74) is 9.23. The van der Waals surface area contributed by atoms with Crippen LogP contribution in [-0.2, 0) is 0 Å². The number of rotatable bonds is 2. The van der Waals surface area contributed by atoms with Crippen LogP contribution in [0.3, 0.4) is 0 Å². The first-order chi connectivity index (χ1) is 21.2. The topological polar surface area (TPSA) is 78.8 Å². The molecule has 5 heteroatoms. The molecule has 3 aromatic heterocycles. The molecule has 0 amide bonds. The number of para-hydroxylation sites is 2. The lowest BCUT2D eigenvalue weighted by Gasteiger charge is -2.15. The van der Waals surface area contributed by atoms with Gasteiger partial charge in [-0.25, -0.2) is 0 Å². The van der Waals surface area contributed by atoms with Gasteiger partial charge in [-0.3, -0.25) is 0 Å². The number of hydrogen-bond donors (Lipinski definition) is 0. The van der Waals surface area contributed by atoms with Crippen LogP contribution in [0.25, 0.3) is 82.5 Å². The van der Waals surface area contributed by atoms with Crippen LogP contribution in [0, 0.1) is 22.7 Å². The van der Waals surface area contributed by atoms with E-state index in [0.29, 0.717) is 11.1 Å². The summed E-state index contributed by atoms with van der Waals surface area (Å²) >= 11 is 0. The lowest BCUT2D eigenvalue weighted by atomic mass is 9.98. The molecule has 0 fully saturated rings. The number of furan rings is 2. The van der Waals surface area contributed by atoms with Gasteiger partial charge in [0.25, 0.3) is 0 Å². The Hall–Kier alpha value is -6.30. The van der Waals surface area contributed by atoms with Crippen LogP contribution in [-0.4, -0.2) is 4.57 Å². The minimum absolute atomic E-state index is 0.572. The lowest BCUT2D eigenvalue weighted by Crippen LogP contribution is -1.98. The summed E-state index contributed by atoms with van der Waals surface area (Å²) in [6.45, 7) is 0. The molecule has 0 atom stereocenters. The molecule has 6 aromatic carbocycles. The van der Waals surface area contributed by atoms with Gasteiger partial charge in [-0.15, -0.1) is 0 Å². The molecule has 0 N–H and O–H groups in total.